The van der Waals surface area contributed by atoms with E-state index in [1.54, 1.807) is 0 Å². The smallest absolute Gasteiger partial charge is 0.341 e. The van der Waals surface area contributed by atoms with Crippen LogP contribution < -0.4 is 5.43 Å². The molecule has 2 aromatic rings. The number of hydrogen-bond acceptors (Lipinski definition) is 3. The number of aromatic amines is 1. The molecule has 0 amide bonds. The highest BCUT2D eigenvalue weighted by Crippen LogP contribution is 2.13. The summed E-state index contributed by atoms with van der Waals surface area (Å²) >= 11 is 0. The minimum absolute atomic E-state index is 0.0461. The van der Waals surface area contributed by atoms with Crippen molar-refractivity contribution in [1.29, 1.82) is 0 Å². The van der Waals surface area contributed by atoms with Crippen LogP contribution in [-0.2, 0) is 0 Å². The fourth-order valence-electron chi connectivity index (χ4n) is 1.59. The molecular formula is C11H7NO5. The van der Waals surface area contributed by atoms with E-state index in [1.807, 2.05) is 0 Å². The van der Waals surface area contributed by atoms with Crippen LogP contribution in [0.5, 0.6) is 0 Å². The summed E-state index contributed by atoms with van der Waals surface area (Å²) in [5.74, 6) is -2.54. The SMILES string of the molecule is O=C(O)c1c[nH]c2c(C(=O)O)cccc2c1=O. The highest BCUT2D eigenvalue weighted by molar-refractivity contribution is 6.03. The molecule has 6 heteroatoms. The minimum Gasteiger partial charge on any atom is -0.478 e. The van der Waals surface area contributed by atoms with Crippen molar-refractivity contribution in [1.82, 2.24) is 4.98 Å². The van der Waals surface area contributed by atoms with E-state index in [-0.39, 0.29) is 16.5 Å². The van der Waals surface area contributed by atoms with Crippen LogP contribution in [0.1, 0.15) is 20.7 Å². The van der Waals surface area contributed by atoms with Gasteiger partial charge < -0.3 is 15.2 Å². The van der Waals surface area contributed by atoms with Crippen LogP contribution in [0.3, 0.4) is 0 Å². The minimum atomic E-state index is -1.35. The average molecular weight is 233 g/mol. The molecule has 0 aliphatic carbocycles. The number of fused-ring (bicyclic) bond motifs is 1. The van der Waals surface area contributed by atoms with Crippen molar-refractivity contribution in [3.63, 3.8) is 0 Å². The quantitative estimate of drug-likeness (QED) is 0.714. The third kappa shape index (κ3) is 1.65. The summed E-state index contributed by atoms with van der Waals surface area (Å²) in [6, 6.07) is 4.11. The molecule has 1 aromatic carbocycles. The normalized spacial score (nSPS) is 10.4. The number of hydrogen-bond donors (Lipinski definition) is 3. The number of H-pyrrole nitrogens is 1. The Hall–Kier alpha value is -2.63. The van der Waals surface area contributed by atoms with Gasteiger partial charge in [0.2, 0.25) is 5.43 Å². The Kier molecular flexibility index (Phi) is 2.40. The van der Waals surface area contributed by atoms with E-state index in [0.29, 0.717) is 0 Å². The van der Waals surface area contributed by atoms with Crippen molar-refractivity contribution in [2.75, 3.05) is 0 Å². The van der Waals surface area contributed by atoms with E-state index in [0.717, 1.165) is 6.20 Å². The lowest BCUT2D eigenvalue weighted by Crippen LogP contribution is -2.16. The largest absolute Gasteiger partial charge is 0.478 e. The van der Waals surface area contributed by atoms with Crippen molar-refractivity contribution >= 4 is 22.8 Å². The maximum absolute atomic E-state index is 11.8. The molecule has 0 saturated carbocycles. The Bertz CT molecular complexity index is 686. The molecule has 0 spiro atoms. The fraction of sp³-hybridized carbons (Fsp3) is 0. The third-order valence-electron chi connectivity index (χ3n) is 2.38. The highest BCUT2D eigenvalue weighted by Gasteiger charge is 2.15. The third-order valence-corrected chi connectivity index (χ3v) is 2.38. The molecule has 2 rings (SSSR count). The summed E-state index contributed by atoms with van der Waals surface area (Å²) < 4.78 is 0. The molecule has 0 fully saturated rings. The lowest BCUT2D eigenvalue weighted by atomic mass is 10.1. The van der Waals surface area contributed by atoms with E-state index >= 15 is 0 Å². The second kappa shape index (κ2) is 3.75. The molecule has 0 aliphatic heterocycles. The van der Waals surface area contributed by atoms with Gasteiger partial charge in [0.1, 0.15) is 5.56 Å². The first-order chi connectivity index (χ1) is 8.02. The Labute approximate surface area is 94.1 Å². The second-order valence-electron chi connectivity index (χ2n) is 3.37. The summed E-state index contributed by atoms with van der Waals surface area (Å²) in [7, 11) is 0. The Morgan fingerprint density at radius 3 is 2.29 bits per heavy atom. The monoisotopic (exact) mass is 233 g/mol. The predicted octanol–water partition coefficient (Wildman–Crippen LogP) is 0.924. The van der Waals surface area contributed by atoms with Crippen LogP contribution in [-0.4, -0.2) is 27.1 Å². The summed E-state index contributed by atoms with van der Waals surface area (Å²) in [5, 5.41) is 17.7. The van der Waals surface area contributed by atoms with Crippen molar-refractivity contribution in [3.8, 4) is 0 Å². The van der Waals surface area contributed by atoms with Gasteiger partial charge in [0.15, 0.2) is 0 Å². The van der Waals surface area contributed by atoms with Gasteiger partial charge in [0, 0.05) is 11.6 Å². The number of benzene rings is 1. The molecule has 0 atom stereocenters. The summed E-state index contributed by atoms with van der Waals surface area (Å²) in [6.45, 7) is 0. The summed E-state index contributed by atoms with van der Waals surface area (Å²) in [4.78, 5) is 35.9. The molecular weight excluding hydrogens is 226 g/mol. The summed E-state index contributed by atoms with van der Waals surface area (Å²) in [6.07, 6.45) is 0.999. The van der Waals surface area contributed by atoms with Gasteiger partial charge in [-0.2, -0.15) is 0 Å². The molecule has 86 valence electrons. The number of para-hydroxylation sites is 1. The first-order valence-electron chi connectivity index (χ1n) is 4.63. The number of nitrogens with one attached hydrogen (secondary N) is 1. The van der Waals surface area contributed by atoms with Crippen LogP contribution in [0.25, 0.3) is 10.9 Å². The van der Waals surface area contributed by atoms with Gasteiger partial charge in [-0.25, -0.2) is 9.59 Å². The van der Waals surface area contributed by atoms with E-state index in [1.165, 1.54) is 18.2 Å². The van der Waals surface area contributed by atoms with Gasteiger partial charge in [-0.3, -0.25) is 4.79 Å². The molecule has 0 aliphatic rings. The molecule has 1 aromatic heterocycles. The van der Waals surface area contributed by atoms with Crippen molar-refractivity contribution in [2.24, 2.45) is 0 Å². The molecule has 0 saturated heterocycles. The van der Waals surface area contributed by atoms with Gasteiger partial charge in [0.05, 0.1) is 11.1 Å². The highest BCUT2D eigenvalue weighted by atomic mass is 16.4. The number of carboxylic acid groups (broad SMARTS) is 2. The van der Waals surface area contributed by atoms with Crippen molar-refractivity contribution in [2.45, 2.75) is 0 Å². The zero-order valence-corrected chi connectivity index (χ0v) is 8.43. The zero-order valence-electron chi connectivity index (χ0n) is 8.43. The standard InChI is InChI=1S/C11H7NO5/c13-9-5-2-1-3-6(10(14)15)8(5)12-4-7(9)11(16)17/h1-4H,(H,12,13)(H,14,15)(H,16,17). The van der Waals surface area contributed by atoms with Gasteiger partial charge in [-0.15, -0.1) is 0 Å². The number of aromatic carboxylic acids is 2. The number of carbonyl (C=O) groups is 2. The molecule has 0 unspecified atom stereocenters. The molecule has 6 nitrogen and oxygen atoms in total. The lowest BCUT2D eigenvalue weighted by Gasteiger charge is -2.02. The zero-order chi connectivity index (χ0) is 12.6. The average Bonchev–Trinajstić information content (AvgIpc) is 2.28. The number of pyridine rings is 1. The molecule has 17 heavy (non-hydrogen) atoms. The molecule has 0 radical (unpaired) electrons. The maximum Gasteiger partial charge on any atom is 0.341 e. The number of rotatable bonds is 2. The molecule has 0 bridgehead atoms. The number of carboxylic acids is 2. The second-order valence-corrected chi connectivity index (χ2v) is 3.37. The maximum atomic E-state index is 11.8. The van der Waals surface area contributed by atoms with Crippen molar-refractivity contribution in [3.05, 3.63) is 45.7 Å². The van der Waals surface area contributed by atoms with E-state index in [9.17, 15) is 14.4 Å². The molecule has 3 N–H and O–H groups in total. The van der Waals surface area contributed by atoms with Crippen LogP contribution >= 0.6 is 0 Å². The lowest BCUT2D eigenvalue weighted by molar-refractivity contribution is 0.0687. The van der Waals surface area contributed by atoms with Crippen LogP contribution in [0.4, 0.5) is 0 Å². The van der Waals surface area contributed by atoms with Gasteiger partial charge in [-0.1, -0.05) is 6.07 Å². The first-order valence-corrected chi connectivity index (χ1v) is 4.63. The van der Waals surface area contributed by atoms with Crippen LogP contribution in [0, 0.1) is 0 Å². The van der Waals surface area contributed by atoms with E-state index in [2.05, 4.69) is 4.98 Å². The Morgan fingerprint density at radius 2 is 1.71 bits per heavy atom. The Balaban J connectivity index is 2.90. The molecule has 1 heterocycles. The van der Waals surface area contributed by atoms with Crippen LogP contribution in [0.15, 0.2) is 29.2 Å². The van der Waals surface area contributed by atoms with Gasteiger partial charge in [0.25, 0.3) is 0 Å². The van der Waals surface area contributed by atoms with E-state index < -0.39 is 22.9 Å². The topological polar surface area (TPSA) is 107 Å². The summed E-state index contributed by atoms with van der Waals surface area (Å²) in [5.41, 5.74) is -1.07. The van der Waals surface area contributed by atoms with Crippen LogP contribution in [0.2, 0.25) is 0 Å². The van der Waals surface area contributed by atoms with Crippen molar-refractivity contribution < 1.29 is 19.8 Å². The van der Waals surface area contributed by atoms with Gasteiger partial charge in [-0.05, 0) is 12.1 Å². The van der Waals surface area contributed by atoms with E-state index in [4.69, 9.17) is 10.2 Å². The number of aromatic nitrogens is 1. The first kappa shape index (κ1) is 10.9. The predicted molar refractivity (Wildman–Crippen MR) is 58.5 cm³/mol. The van der Waals surface area contributed by atoms with Gasteiger partial charge >= 0.3 is 11.9 Å². The Morgan fingerprint density at radius 1 is 1.06 bits per heavy atom. The fourth-order valence-corrected chi connectivity index (χ4v) is 1.59.